The lowest BCUT2D eigenvalue weighted by Gasteiger charge is -2.30. The summed E-state index contributed by atoms with van der Waals surface area (Å²) >= 11 is 5.80. The predicted octanol–water partition coefficient (Wildman–Crippen LogP) is 1.34. The van der Waals surface area contributed by atoms with Gasteiger partial charge in [0.15, 0.2) is 22.5 Å². The lowest BCUT2D eigenvalue weighted by Crippen LogP contribution is -2.46. The highest BCUT2D eigenvalue weighted by Gasteiger charge is 2.18. The molecule has 1 heterocycles. The maximum Gasteiger partial charge on any atom is 0.273 e. The summed E-state index contributed by atoms with van der Waals surface area (Å²) in [4.78, 5) is 19.9. The molecule has 0 atom stereocenters. The van der Waals surface area contributed by atoms with Gasteiger partial charge in [-0.3, -0.25) is 4.79 Å². The molecule has 2 rings (SSSR count). The van der Waals surface area contributed by atoms with E-state index in [1.165, 1.54) is 5.56 Å². The third-order valence-corrected chi connectivity index (χ3v) is 4.25. The van der Waals surface area contributed by atoms with Crippen LogP contribution in [0.4, 0.5) is 11.6 Å². The number of likely N-dealkylation sites (N-methyl/N-ethyl adjacent to an activating group) is 1. The Labute approximate surface area is 152 Å². The zero-order valence-electron chi connectivity index (χ0n) is 14.5. The van der Waals surface area contributed by atoms with Crippen molar-refractivity contribution in [2.75, 3.05) is 45.2 Å². The maximum absolute atomic E-state index is 12.2. The van der Waals surface area contributed by atoms with Gasteiger partial charge in [0.2, 0.25) is 0 Å². The number of nitrogens with two attached hydrogens (primary N) is 2. The van der Waals surface area contributed by atoms with E-state index < -0.39 is 5.91 Å². The number of nitrogens with zero attached hydrogens (tertiary/aromatic N) is 3. The summed E-state index contributed by atoms with van der Waals surface area (Å²) in [5, 5.41) is 2.77. The standard InChI is InChI=1S/C17H23ClN6O/c1-24(2,10-8-12-6-4-3-5-7-12)11-9-21-17(25)13-15(19)23-16(20)14(18)22-13/h3-7H,8-11H2,1-2H3,(H4-,19,20,21,23,25)/p+1. The number of quaternary nitrogens is 1. The molecule has 8 heteroatoms. The van der Waals surface area contributed by atoms with E-state index in [1.54, 1.807) is 0 Å². The molecule has 1 aromatic heterocycles. The van der Waals surface area contributed by atoms with Gasteiger partial charge in [0.25, 0.3) is 5.91 Å². The first-order valence-corrected chi connectivity index (χ1v) is 8.39. The molecule has 1 amide bonds. The molecular formula is C17H24ClN6O+. The number of nitrogens with one attached hydrogen (secondary N) is 1. The number of halogens is 1. The molecule has 5 N–H and O–H groups in total. The third kappa shape index (κ3) is 5.58. The van der Waals surface area contributed by atoms with Gasteiger partial charge in [-0.2, -0.15) is 0 Å². The van der Waals surface area contributed by atoms with Crippen LogP contribution in [0, 0.1) is 0 Å². The topological polar surface area (TPSA) is 107 Å². The van der Waals surface area contributed by atoms with Gasteiger partial charge in [0.1, 0.15) is 0 Å². The van der Waals surface area contributed by atoms with Gasteiger partial charge in [-0.05, 0) is 5.56 Å². The van der Waals surface area contributed by atoms with Crippen LogP contribution < -0.4 is 16.8 Å². The summed E-state index contributed by atoms with van der Waals surface area (Å²) in [6, 6.07) is 10.3. The van der Waals surface area contributed by atoms with Crippen LogP contribution >= 0.6 is 11.6 Å². The minimum atomic E-state index is -0.407. The maximum atomic E-state index is 12.2. The molecule has 0 radical (unpaired) electrons. The SMILES string of the molecule is C[N+](C)(CCNC(=O)c1nc(Cl)c(N)nc1N)CCc1ccccc1. The van der Waals surface area contributed by atoms with Crippen molar-refractivity contribution in [2.24, 2.45) is 0 Å². The first-order valence-electron chi connectivity index (χ1n) is 8.01. The van der Waals surface area contributed by atoms with Gasteiger partial charge in [0, 0.05) is 6.42 Å². The van der Waals surface area contributed by atoms with E-state index in [0.29, 0.717) is 6.54 Å². The zero-order valence-corrected chi connectivity index (χ0v) is 15.3. The number of hydrogen-bond donors (Lipinski definition) is 3. The summed E-state index contributed by atoms with van der Waals surface area (Å²) in [6.07, 6.45) is 0.980. The monoisotopic (exact) mass is 363 g/mol. The van der Waals surface area contributed by atoms with Gasteiger partial charge >= 0.3 is 0 Å². The molecule has 0 saturated carbocycles. The fourth-order valence-corrected chi connectivity index (χ4v) is 2.48. The quantitative estimate of drug-likeness (QED) is 0.643. The van der Waals surface area contributed by atoms with E-state index in [4.69, 9.17) is 23.1 Å². The number of aromatic nitrogens is 2. The Bertz CT molecular complexity index is 735. The fraction of sp³-hybridized carbons (Fsp3) is 0.353. The number of carbonyl (C=O) groups excluding carboxylic acids is 1. The van der Waals surface area contributed by atoms with Crippen molar-refractivity contribution in [2.45, 2.75) is 6.42 Å². The molecule has 1 aromatic carbocycles. The summed E-state index contributed by atoms with van der Waals surface area (Å²) in [6.45, 7) is 2.23. The molecule has 0 aliphatic heterocycles. The number of carbonyl (C=O) groups is 1. The van der Waals surface area contributed by atoms with E-state index in [9.17, 15) is 4.79 Å². The second-order valence-corrected chi connectivity index (χ2v) is 6.87. The Morgan fingerprint density at radius 1 is 1.12 bits per heavy atom. The van der Waals surface area contributed by atoms with E-state index in [0.717, 1.165) is 24.0 Å². The Morgan fingerprint density at radius 2 is 1.80 bits per heavy atom. The average Bonchev–Trinajstić information content (AvgIpc) is 2.57. The highest BCUT2D eigenvalue weighted by atomic mass is 35.5. The smallest absolute Gasteiger partial charge is 0.273 e. The summed E-state index contributed by atoms with van der Waals surface area (Å²) < 4.78 is 0.777. The van der Waals surface area contributed by atoms with Crippen LogP contribution in [-0.4, -0.2) is 54.1 Å². The van der Waals surface area contributed by atoms with Gasteiger partial charge in [-0.25, -0.2) is 9.97 Å². The molecule has 0 bridgehead atoms. The van der Waals surface area contributed by atoms with Gasteiger partial charge in [0.05, 0.1) is 33.7 Å². The lowest BCUT2D eigenvalue weighted by molar-refractivity contribution is -0.888. The van der Waals surface area contributed by atoms with Crippen LogP contribution in [0.3, 0.4) is 0 Å². The van der Waals surface area contributed by atoms with Crippen LogP contribution in [0.25, 0.3) is 0 Å². The molecule has 0 saturated heterocycles. The number of amides is 1. The number of nitrogen functional groups attached to an aromatic ring is 2. The first kappa shape index (κ1) is 19.0. The summed E-state index contributed by atoms with van der Waals surface area (Å²) in [7, 11) is 4.26. The molecule has 7 nitrogen and oxygen atoms in total. The van der Waals surface area contributed by atoms with Crippen molar-refractivity contribution in [3.8, 4) is 0 Å². The Kier molecular flexibility index (Phi) is 6.17. The van der Waals surface area contributed by atoms with Crippen molar-refractivity contribution in [1.82, 2.24) is 15.3 Å². The molecule has 0 fully saturated rings. The highest BCUT2D eigenvalue weighted by Crippen LogP contribution is 2.17. The molecule has 0 aliphatic carbocycles. The predicted molar refractivity (Wildman–Crippen MR) is 100 cm³/mol. The van der Waals surface area contributed by atoms with Crippen LogP contribution in [0.5, 0.6) is 0 Å². The zero-order chi connectivity index (χ0) is 18.4. The fourth-order valence-electron chi connectivity index (χ4n) is 2.35. The number of hydrogen-bond acceptors (Lipinski definition) is 5. The molecule has 134 valence electrons. The van der Waals surface area contributed by atoms with Crippen molar-refractivity contribution < 1.29 is 9.28 Å². The van der Waals surface area contributed by atoms with Crippen molar-refractivity contribution in [3.63, 3.8) is 0 Å². The molecule has 0 spiro atoms. The van der Waals surface area contributed by atoms with E-state index in [-0.39, 0.29) is 22.5 Å². The third-order valence-electron chi connectivity index (χ3n) is 3.97. The Balaban J connectivity index is 1.84. The molecular weight excluding hydrogens is 340 g/mol. The Hall–Kier alpha value is -2.38. The minimum absolute atomic E-state index is 0.00575. The van der Waals surface area contributed by atoms with Crippen LogP contribution in [0.1, 0.15) is 16.1 Å². The summed E-state index contributed by atoms with van der Waals surface area (Å²) in [5.74, 6) is -0.429. The minimum Gasteiger partial charge on any atom is -0.382 e. The van der Waals surface area contributed by atoms with Crippen LogP contribution in [-0.2, 0) is 6.42 Å². The van der Waals surface area contributed by atoms with Gasteiger partial charge in [-0.15, -0.1) is 0 Å². The van der Waals surface area contributed by atoms with Crippen molar-refractivity contribution in [3.05, 3.63) is 46.7 Å². The lowest BCUT2D eigenvalue weighted by atomic mass is 10.1. The first-order chi connectivity index (χ1) is 11.8. The second-order valence-electron chi connectivity index (χ2n) is 6.51. The van der Waals surface area contributed by atoms with Crippen LogP contribution in [0.15, 0.2) is 30.3 Å². The Morgan fingerprint density at radius 3 is 2.48 bits per heavy atom. The van der Waals surface area contributed by atoms with Gasteiger partial charge < -0.3 is 21.3 Å². The van der Waals surface area contributed by atoms with E-state index >= 15 is 0 Å². The van der Waals surface area contributed by atoms with Crippen molar-refractivity contribution in [1.29, 1.82) is 0 Å². The molecule has 25 heavy (non-hydrogen) atoms. The highest BCUT2D eigenvalue weighted by molar-refractivity contribution is 6.31. The molecule has 0 aliphatic rings. The number of benzene rings is 1. The molecule has 0 unspecified atom stereocenters. The van der Waals surface area contributed by atoms with E-state index in [1.807, 2.05) is 18.2 Å². The number of anilines is 2. The van der Waals surface area contributed by atoms with Gasteiger partial charge in [-0.1, -0.05) is 41.9 Å². The van der Waals surface area contributed by atoms with Crippen LogP contribution in [0.2, 0.25) is 5.15 Å². The van der Waals surface area contributed by atoms with E-state index in [2.05, 4.69) is 41.5 Å². The second kappa shape index (κ2) is 8.13. The number of rotatable bonds is 7. The average molecular weight is 364 g/mol. The summed E-state index contributed by atoms with van der Waals surface area (Å²) in [5.41, 5.74) is 12.5. The normalized spacial score (nSPS) is 11.3. The van der Waals surface area contributed by atoms with Crippen molar-refractivity contribution >= 4 is 29.1 Å². The molecule has 2 aromatic rings. The largest absolute Gasteiger partial charge is 0.382 e.